The van der Waals surface area contributed by atoms with Gasteiger partial charge >= 0.3 is 0 Å². The van der Waals surface area contributed by atoms with Crippen molar-refractivity contribution in [2.75, 3.05) is 6.61 Å². The van der Waals surface area contributed by atoms with E-state index in [1.54, 1.807) is 12.1 Å². The van der Waals surface area contributed by atoms with Crippen molar-refractivity contribution in [2.24, 2.45) is 0 Å². The van der Waals surface area contributed by atoms with Gasteiger partial charge in [0.1, 0.15) is 11.6 Å². The van der Waals surface area contributed by atoms with Crippen molar-refractivity contribution in [3.8, 4) is 5.75 Å². The van der Waals surface area contributed by atoms with Crippen LogP contribution < -0.4 is 4.74 Å². The average Bonchev–Trinajstić information content (AvgIpc) is 2.38. The van der Waals surface area contributed by atoms with Crippen LogP contribution in [-0.4, -0.2) is 22.2 Å². The summed E-state index contributed by atoms with van der Waals surface area (Å²) in [5.74, 6) is 0.186. The first-order valence-electron chi connectivity index (χ1n) is 7.41. The summed E-state index contributed by atoms with van der Waals surface area (Å²) < 4.78 is 19.6. The van der Waals surface area contributed by atoms with Gasteiger partial charge in [-0.25, -0.2) is 4.39 Å². The van der Waals surface area contributed by atoms with Crippen molar-refractivity contribution < 1.29 is 14.2 Å². The molecule has 0 amide bonds. The smallest absolute Gasteiger partial charge is 0.132 e. The lowest BCUT2D eigenvalue weighted by Crippen LogP contribution is -2.41. The van der Waals surface area contributed by atoms with E-state index in [-0.39, 0.29) is 5.82 Å². The van der Waals surface area contributed by atoms with E-state index < -0.39 is 5.60 Å². The molecule has 20 heavy (non-hydrogen) atoms. The monoisotopic (exact) mass is 296 g/mol. The number of thioether (sulfide) groups is 1. The molecule has 4 heteroatoms. The van der Waals surface area contributed by atoms with Gasteiger partial charge in [-0.2, -0.15) is 11.8 Å². The van der Waals surface area contributed by atoms with Crippen molar-refractivity contribution in [3.05, 3.63) is 29.6 Å². The third kappa shape index (κ3) is 2.68. The molecule has 2 aliphatic rings. The maximum atomic E-state index is 14.3. The van der Waals surface area contributed by atoms with Crippen molar-refractivity contribution in [1.82, 2.24) is 0 Å². The maximum Gasteiger partial charge on any atom is 0.132 e. The lowest BCUT2D eigenvalue weighted by atomic mass is 9.80. The van der Waals surface area contributed by atoms with E-state index in [0.717, 1.165) is 12.8 Å². The molecule has 1 N–H and O–H groups in total. The Morgan fingerprint density at radius 2 is 2.05 bits per heavy atom. The van der Waals surface area contributed by atoms with Crippen molar-refractivity contribution in [3.63, 3.8) is 0 Å². The van der Waals surface area contributed by atoms with Crippen LogP contribution in [0.1, 0.15) is 44.6 Å². The zero-order valence-electron chi connectivity index (χ0n) is 11.8. The van der Waals surface area contributed by atoms with Gasteiger partial charge in [0.2, 0.25) is 0 Å². The van der Waals surface area contributed by atoms with E-state index in [2.05, 4.69) is 0 Å². The first-order chi connectivity index (χ1) is 9.60. The van der Waals surface area contributed by atoms with Gasteiger partial charge in [0.25, 0.3) is 0 Å². The second-order valence-corrected chi connectivity index (χ2v) is 7.43. The number of benzene rings is 1. The summed E-state index contributed by atoms with van der Waals surface area (Å²) in [6, 6.07) is 4.86. The zero-order chi connectivity index (χ0) is 14.2. The van der Waals surface area contributed by atoms with Crippen LogP contribution in [0.4, 0.5) is 4.39 Å². The van der Waals surface area contributed by atoms with Gasteiger partial charge in [-0.1, -0.05) is 6.42 Å². The summed E-state index contributed by atoms with van der Waals surface area (Å²) in [5.41, 5.74) is -0.561. The summed E-state index contributed by atoms with van der Waals surface area (Å²) in [6.07, 6.45) is 4.85. The molecule has 2 unspecified atom stereocenters. The Balaban J connectivity index is 1.87. The number of fused-ring (bicyclic) bond motifs is 2. The Morgan fingerprint density at radius 3 is 2.65 bits per heavy atom. The largest absolute Gasteiger partial charge is 0.494 e. The van der Waals surface area contributed by atoms with E-state index in [0.29, 0.717) is 41.3 Å². The van der Waals surface area contributed by atoms with E-state index in [4.69, 9.17) is 4.74 Å². The molecule has 0 aromatic heterocycles. The second kappa shape index (κ2) is 5.57. The normalized spacial score (nSPS) is 33.0. The summed E-state index contributed by atoms with van der Waals surface area (Å²) in [4.78, 5) is 0. The van der Waals surface area contributed by atoms with Crippen molar-refractivity contribution in [1.29, 1.82) is 0 Å². The highest BCUT2D eigenvalue weighted by molar-refractivity contribution is 8.00. The van der Waals surface area contributed by atoms with Gasteiger partial charge in [0.15, 0.2) is 0 Å². The molecule has 1 aromatic rings. The average molecular weight is 296 g/mol. The van der Waals surface area contributed by atoms with Crippen LogP contribution in [0.2, 0.25) is 0 Å². The van der Waals surface area contributed by atoms with Crippen LogP contribution in [0.15, 0.2) is 18.2 Å². The van der Waals surface area contributed by atoms with Gasteiger partial charge < -0.3 is 9.84 Å². The lowest BCUT2D eigenvalue weighted by molar-refractivity contribution is 0.00488. The third-order valence-electron chi connectivity index (χ3n) is 4.32. The molecule has 2 fully saturated rings. The number of aliphatic hydroxyl groups is 1. The second-order valence-electron chi connectivity index (χ2n) is 5.83. The third-order valence-corrected chi connectivity index (χ3v) is 5.90. The molecule has 2 atom stereocenters. The highest BCUT2D eigenvalue weighted by Gasteiger charge is 2.43. The van der Waals surface area contributed by atoms with E-state index in [1.165, 1.54) is 12.5 Å². The number of hydrogen-bond donors (Lipinski definition) is 1. The predicted octanol–water partition coefficient (Wildman–Crippen LogP) is 3.86. The summed E-state index contributed by atoms with van der Waals surface area (Å²) in [5, 5.41) is 11.9. The summed E-state index contributed by atoms with van der Waals surface area (Å²) in [6.45, 7) is 2.39. The van der Waals surface area contributed by atoms with Crippen LogP contribution in [0.25, 0.3) is 0 Å². The Morgan fingerprint density at radius 1 is 1.35 bits per heavy atom. The van der Waals surface area contributed by atoms with Crippen LogP contribution in [0.3, 0.4) is 0 Å². The van der Waals surface area contributed by atoms with Gasteiger partial charge in [-0.15, -0.1) is 0 Å². The van der Waals surface area contributed by atoms with Crippen molar-refractivity contribution in [2.45, 2.75) is 55.1 Å². The molecular weight excluding hydrogens is 275 g/mol. The summed E-state index contributed by atoms with van der Waals surface area (Å²) >= 11 is 1.98. The fourth-order valence-corrected chi connectivity index (χ4v) is 5.36. The summed E-state index contributed by atoms with van der Waals surface area (Å²) in [7, 11) is 0. The van der Waals surface area contributed by atoms with Crippen LogP contribution >= 0.6 is 11.8 Å². The Kier molecular flexibility index (Phi) is 3.95. The van der Waals surface area contributed by atoms with Crippen LogP contribution in [0, 0.1) is 5.82 Å². The first kappa shape index (κ1) is 14.2. The quantitative estimate of drug-likeness (QED) is 0.918. The van der Waals surface area contributed by atoms with Gasteiger partial charge in [0, 0.05) is 22.1 Å². The van der Waals surface area contributed by atoms with Gasteiger partial charge in [0.05, 0.1) is 12.2 Å². The maximum absolute atomic E-state index is 14.3. The number of hydrogen-bond acceptors (Lipinski definition) is 3. The van der Waals surface area contributed by atoms with Gasteiger partial charge in [-0.05, 0) is 44.7 Å². The molecule has 2 nitrogen and oxygen atoms in total. The van der Waals surface area contributed by atoms with Crippen LogP contribution in [0.5, 0.6) is 5.75 Å². The number of ether oxygens (including phenoxy) is 1. The zero-order valence-corrected chi connectivity index (χ0v) is 12.6. The SMILES string of the molecule is CCOc1ccc(C2(O)CC3CCCC(C2)S3)c(F)c1. The molecule has 2 saturated heterocycles. The molecule has 0 spiro atoms. The molecule has 1 aromatic carbocycles. The molecule has 0 saturated carbocycles. The molecule has 0 aliphatic carbocycles. The van der Waals surface area contributed by atoms with Crippen molar-refractivity contribution >= 4 is 11.8 Å². The topological polar surface area (TPSA) is 29.5 Å². The predicted molar refractivity (Wildman–Crippen MR) is 79.7 cm³/mol. The first-order valence-corrected chi connectivity index (χ1v) is 8.35. The standard InChI is InChI=1S/C16H21FO2S/c1-2-19-11-6-7-14(15(17)8-11)16(18)9-12-4-3-5-13(10-16)20-12/h6-8,12-13,18H,2-5,9-10H2,1H3. The molecule has 3 rings (SSSR count). The molecule has 2 bridgehead atoms. The number of rotatable bonds is 3. The molecule has 110 valence electrons. The molecule has 2 heterocycles. The Hall–Kier alpha value is -0.740. The minimum absolute atomic E-state index is 0.344. The van der Waals surface area contributed by atoms with Gasteiger partial charge in [-0.3, -0.25) is 0 Å². The van der Waals surface area contributed by atoms with Crippen LogP contribution in [-0.2, 0) is 5.60 Å². The van der Waals surface area contributed by atoms with E-state index in [9.17, 15) is 9.50 Å². The van der Waals surface area contributed by atoms with E-state index >= 15 is 0 Å². The molecule has 2 aliphatic heterocycles. The molecule has 0 radical (unpaired) electrons. The fraction of sp³-hybridized carbons (Fsp3) is 0.625. The highest BCUT2D eigenvalue weighted by Crippen LogP contribution is 2.50. The Bertz CT molecular complexity index is 479. The fourth-order valence-electron chi connectivity index (χ4n) is 3.47. The minimum atomic E-state index is -1.00. The Labute approximate surface area is 123 Å². The molecular formula is C16H21FO2S. The highest BCUT2D eigenvalue weighted by atomic mass is 32.2. The lowest BCUT2D eigenvalue weighted by Gasteiger charge is -2.44. The minimum Gasteiger partial charge on any atom is -0.494 e. The number of halogens is 1. The van der Waals surface area contributed by atoms with E-state index in [1.807, 2.05) is 18.7 Å².